The fourth-order valence-corrected chi connectivity index (χ4v) is 1.53. The molecule has 1 aliphatic rings. The molecule has 0 unspecified atom stereocenters. The quantitative estimate of drug-likeness (QED) is 0.618. The summed E-state index contributed by atoms with van der Waals surface area (Å²) < 4.78 is 0. The van der Waals surface area contributed by atoms with E-state index in [0.29, 0.717) is 6.42 Å². The number of carbonyl (C=O) groups is 1. The van der Waals surface area contributed by atoms with Gasteiger partial charge in [-0.05, 0) is 30.8 Å². The Morgan fingerprint density at radius 2 is 2.36 bits per heavy atom. The summed E-state index contributed by atoms with van der Waals surface area (Å²) in [5.74, 6) is 0.0748. The Hall–Kier alpha value is -1.55. The van der Waals surface area contributed by atoms with Gasteiger partial charge in [-0.25, -0.2) is 0 Å². The van der Waals surface area contributed by atoms with Crippen molar-refractivity contribution >= 4 is 17.3 Å². The second-order valence-corrected chi connectivity index (χ2v) is 3.30. The van der Waals surface area contributed by atoms with Gasteiger partial charge < -0.3 is 16.0 Å². The molecule has 0 saturated carbocycles. The molecule has 0 aliphatic carbocycles. The lowest BCUT2D eigenvalue weighted by Gasteiger charge is -2.06. The second-order valence-electron chi connectivity index (χ2n) is 3.30. The summed E-state index contributed by atoms with van der Waals surface area (Å²) in [6.07, 6.45) is 0.490. The van der Waals surface area contributed by atoms with E-state index >= 15 is 0 Å². The predicted octanol–water partition coefficient (Wildman–Crippen LogP) is 0.770. The smallest absolute Gasteiger partial charge is 0.228 e. The van der Waals surface area contributed by atoms with Crippen molar-refractivity contribution in [1.82, 2.24) is 5.32 Å². The lowest BCUT2D eigenvalue weighted by Crippen LogP contribution is -2.16. The Morgan fingerprint density at radius 3 is 3.14 bits per heavy atom. The number of rotatable bonds is 3. The Labute approximate surface area is 82.7 Å². The van der Waals surface area contributed by atoms with Crippen LogP contribution in [0.1, 0.15) is 5.56 Å². The van der Waals surface area contributed by atoms with Gasteiger partial charge in [-0.15, -0.1) is 0 Å². The summed E-state index contributed by atoms with van der Waals surface area (Å²) in [7, 11) is 1.88. The molecule has 0 aromatic heterocycles. The van der Waals surface area contributed by atoms with E-state index in [1.54, 1.807) is 0 Å². The summed E-state index contributed by atoms with van der Waals surface area (Å²) in [5.41, 5.74) is 3.04. The molecule has 0 saturated heterocycles. The summed E-state index contributed by atoms with van der Waals surface area (Å²) in [4.78, 5) is 11.1. The maximum Gasteiger partial charge on any atom is 0.228 e. The molecule has 14 heavy (non-hydrogen) atoms. The van der Waals surface area contributed by atoms with Gasteiger partial charge in [-0.2, -0.15) is 0 Å². The Kier molecular flexibility index (Phi) is 2.37. The van der Waals surface area contributed by atoms with Gasteiger partial charge in [0.15, 0.2) is 0 Å². The fraction of sp³-hybridized carbons (Fsp3) is 0.300. The van der Waals surface area contributed by atoms with E-state index in [1.807, 2.05) is 25.2 Å². The highest BCUT2D eigenvalue weighted by Crippen LogP contribution is 2.25. The number of benzene rings is 1. The molecule has 0 fully saturated rings. The summed E-state index contributed by atoms with van der Waals surface area (Å²) in [6.45, 7) is 0.722. The maximum absolute atomic E-state index is 11.1. The van der Waals surface area contributed by atoms with Crippen LogP contribution >= 0.6 is 0 Å². The van der Waals surface area contributed by atoms with Crippen molar-refractivity contribution in [2.24, 2.45) is 0 Å². The molecule has 0 atom stereocenters. The number of fused-ring (bicyclic) bond motifs is 1. The number of amides is 1. The minimum Gasteiger partial charge on any atom is -0.372 e. The number of carbonyl (C=O) groups excluding carboxylic acids is 1. The van der Waals surface area contributed by atoms with E-state index < -0.39 is 0 Å². The Bertz CT molecular complexity index is 362. The molecule has 4 nitrogen and oxygen atoms in total. The molecule has 1 aliphatic heterocycles. The van der Waals surface area contributed by atoms with E-state index in [1.165, 1.54) is 0 Å². The minimum atomic E-state index is 0.0748. The molecule has 1 amide bonds. The first kappa shape index (κ1) is 9.02. The van der Waals surface area contributed by atoms with Gasteiger partial charge in [0.25, 0.3) is 0 Å². The molecule has 0 spiro atoms. The third kappa shape index (κ3) is 1.70. The van der Waals surface area contributed by atoms with Crippen LogP contribution in [-0.2, 0) is 11.2 Å². The van der Waals surface area contributed by atoms with Gasteiger partial charge in [0.2, 0.25) is 5.91 Å². The predicted molar refractivity (Wildman–Crippen MR) is 56.3 cm³/mol. The van der Waals surface area contributed by atoms with Gasteiger partial charge in [0, 0.05) is 11.4 Å². The lowest BCUT2D eigenvalue weighted by atomic mass is 10.1. The van der Waals surface area contributed by atoms with Gasteiger partial charge >= 0.3 is 0 Å². The van der Waals surface area contributed by atoms with E-state index in [9.17, 15) is 4.79 Å². The van der Waals surface area contributed by atoms with Gasteiger partial charge in [0.05, 0.1) is 13.1 Å². The van der Waals surface area contributed by atoms with Crippen molar-refractivity contribution in [2.45, 2.75) is 6.42 Å². The van der Waals surface area contributed by atoms with E-state index in [-0.39, 0.29) is 5.91 Å². The van der Waals surface area contributed by atoms with Crippen LogP contribution in [0.4, 0.5) is 11.4 Å². The van der Waals surface area contributed by atoms with E-state index in [0.717, 1.165) is 23.6 Å². The van der Waals surface area contributed by atoms with Gasteiger partial charge in [-0.3, -0.25) is 4.79 Å². The molecule has 3 N–H and O–H groups in total. The first-order valence-corrected chi connectivity index (χ1v) is 4.61. The highest BCUT2D eigenvalue weighted by Gasteiger charge is 2.16. The first-order valence-electron chi connectivity index (χ1n) is 4.61. The largest absolute Gasteiger partial charge is 0.372 e. The van der Waals surface area contributed by atoms with Crippen molar-refractivity contribution in [1.29, 1.82) is 0 Å². The van der Waals surface area contributed by atoms with E-state index in [2.05, 4.69) is 16.0 Å². The van der Waals surface area contributed by atoms with Crippen molar-refractivity contribution in [2.75, 3.05) is 24.3 Å². The van der Waals surface area contributed by atoms with Crippen LogP contribution in [0.25, 0.3) is 0 Å². The monoisotopic (exact) mass is 191 g/mol. The normalized spacial score (nSPS) is 13.6. The SMILES string of the molecule is CNCNc1ccc2c(c1)CC(=O)N2. The van der Waals surface area contributed by atoms with Crippen LogP contribution in [0.5, 0.6) is 0 Å². The molecule has 0 bridgehead atoms. The van der Waals surface area contributed by atoms with Crippen LogP contribution in [0.15, 0.2) is 18.2 Å². The topological polar surface area (TPSA) is 53.2 Å². The molecule has 1 aromatic rings. The summed E-state index contributed by atoms with van der Waals surface area (Å²) in [5, 5.41) is 8.99. The van der Waals surface area contributed by atoms with Crippen LogP contribution in [0.3, 0.4) is 0 Å². The molecule has 1 heterocycles. The zero-order valence-corrected chi connectivity index (χ0v) is 8.05. The molecule has 4 heteroatoms. The second kappa shape index (κ2) is 3.67. The van der Waals surface area contributed by atoms with Crippen LogP contribution < -0.4 is 16.0 Å². The number of anilines is 2. The van der Waals surface area contributed by atoms with Crippen LogP contribution in [-0.4, -0.2) is 19.6 Å². The average molecular weight is 191 g/mol. The van der Waals surface area contributed by atoms with Crippen molar-refractivity contribution in [3.8, 4) is 0 Å². The number of hydrogen-bond acceptors (Lipinski definition) is 3. The molecule has 74 valence electrons. The molecular formula is C10H13N3O. The Morgan fingerprint density at radius 1 is 1.50 bits per heavy atom. The summed E-state index contributed by atoms with van der Waals surface area (Å²) >= 11 is 0. The minimum absolute atomic E-state index is 0.0748. The maximum atomic E-state index is 11.1. The third-order valence-corrected chi connectivity index (χ3v) is 2.20. The third-order valence-electron chi connectivity index (χ3n) is 2.20. The van der Waals surface area contributed by atoms with Gasteiger partial charge in [-0.1, -0.05) is 0 Å². The van der Waals surface area contributed by atoms with Gasteiger partial charge in [0.1, 0.15) is 0 Å². The van der Waals surface area contributed by atoms with Crippen molar-refractivity contribution in [3.63, 3.8) is 0 Å². The number of hydrogen-bond donors (Lipinski definition) is 3. The highest BCUT2D eigenvalue weighted by molar-refractivity contribution is 5.99. The van der Waals surface area contributed by atoms with Crippen LogP contribution in [0, 0.1) is 0 Å². The van der Waals surface area contributed by atoms with Crippen molar-refractivity contribution < 1.29 is 4.79 Å². The number of nitrogens with one attached hydrogen (secondary N) is 3. The molecular weight excluding hydrogens is 178 g/mol. The molecule has 2 rings (SSSR count). The lowest BCUT2D eigenvalue weighted by molar-refractivity contribution is -0.115. The first-order chi connectivity index (χ1) is 6.79. The zero-order valence-electron chi connectivity index (χ0n) is 8.05. The molecule has 1 aromatic carbocycles. The Balaban J connectivity index is 2.16. The zero-order chi connectivity index (χ0) is 9.97. The summed E-state index contributed by atoms with van der Waals surface area (Å²) in [6, 6.07) is 5.89. The molecule has 0 radical (unpaired) electrons. The van der Waals surface area contributed by atoms with Crippen molar-refractivity contribution in [3.05, 3.63) is 23.8 Å². The highest BCUT2D eigenvalue weighted by atomic mass is 16.1. The average Bonchev–Trinajstić information content (AvgIpc) is 2.54. The fourth-order valence-electron chi connectivity index (χ4n) is 1.53. The van der Waals surface area contributed by atoms with Crippen LogP contribution in [0.2, 0.25) is 0 Å². The van der Waals surface area contributed by atoms with E-state index in [4.69, 9.17) is 0 Å². The standard InChI is InChI=1S/C10H13N3O/c1-11-6-12-8-2-3-9-7(4-8)5-10(14)13-9/h2-4,11-12H,5-6H2,1H3,(H,13,14).